The van der Waals surface area contributed by atoms with Crippen molar-refractivity contribution in [3.63, 3.8) is 0 Å². The fourth-order valence-corrected chi connectivity index (χ4v) is 2.05. The van der Waals surface area contributed by atoms with Gasteiger partial charge in [0.2, 0.25) is 0 Å². The van der Waals surface area contributed by atoms with Crippen LogP contribution in [0, 0.1) is 0 Å². The highest BCUT2D eigenvalue weighted by molar-refractivity contribution is 9.24. The van der Waals surface area contributed by atoms with E-state index in [9.17, 15) is 18.7 Å². The summed E-state index contributed by atoms with van der Waals surface area (Å²) >= 11 is 5.16. The van der Waals surface area contributed by atoms with Crippen molar-refractivity contribution in [2.24, 2.45) is 0 Å². The minimum atomic E-state index is -3.34. The first-order valence-electron chi connectivity index (χ1n) is 4.26. The molecule has 1 rings (SSSR count). The van der Waals surface area contributed by atoms with Gasteiger partial charge >= 0.3 is 5.25 Å². The topological polar surface area (TPSA) is 43.4 Å². The van der Waals surface area contributed by atoms with Crippen LogP contribution in [0.15, 0.2) is 30.3 Å². The Morgan fingerprint density at radius 2 is 1.88 bits per heavy atom. The van der Waals surface area contributed by atoms with Crippen molar-refractivity contribution < 1.29 is 18.7 Å². The molecule has 94 valence electrons. The van der Waals surface area contributed by atoms with Gasteiger partial charge in [-0.1, -0.05) is 50.1 Å². The van der Waals surface area contributed by atoms with Crippen LogP contribution in [0.3, 0.4) is 0 Å². The molecule has 8 heteroatoms. The third-order valence-corrected chi connectivity index (χ3v) is 4.40. The number of carboxylic acid groups (broad SMARTS) is 1. The van der Waals surface area contributed by atoms with E-state index in [4.69, 9.17) is 0 Å². The fraction of sp³-hybridized carbons (Fsp3) is 0.222. The maximum atomic E-state index is 13.4. The highest BCUT2D eigenvalue weighted by Crippen LogP contribution is 2.42. The number of anilines is 1. The number of hydrogen-bond donors (Lipinski definition) is 0. The Bertz CT molecular complexity index is 392. The van der Waals surface area contributed by atoms with E-state index in [-0.39, 0.29) is 17.6 Å². The van der Waals surface area contributed by atoms with Crippen LogP contribution >= 0.6 is 43.8 Å². The van der Waals surface area contributed by atoms with Crippen molar-refractivity contribution in [2.75, 3.05) is 4.31 Å². The largest absolute Gasteiger partial charge is 0.529 e. The summed E-state index contributed by atoms with van der Waals surface area (Å²) < 4.78 is 25.8. The van der Waals surface area contributed by atoms with Crippen LogP contribution in [0.1, 0.15) is 0 Å². The number of nitrogens with zero attached hydrogens (tertiary/aromatic N) is 1. The summed E-state index contributed by atoms with van der Waals surface area (Å²) in [6, 6.07) is 7.54. The van der Waals surface area contributed by atoms with Gasteiger partial charge in [-0.05, 0) is 12.1 Å². The molecule has 1 aromatic rings. The third-order valence-electron chi connectivity index (χ3n) is 1.62. The van der Waals surface area contributed by atoms with Crippen molar-refractivity contribution in [1.82, 2.24) is 0 Å². The van der Waals surface area contributed by atoms with E-state index in [1.807, 2.05) is 0 Å². The van der Waals surface area contributed by atoms with Crippen LogP contribution in [0.2, 0.25) is 0 Å². The van der Waals surface area contributed by atoms with Crippen LogP contribution in [-0.2, 0) is 0 Å². The zero-order chi connectivity index (χ0) is 13.1. The summed E-state index contributed by atoms with van der Waals surface area (Å²) in [6.45, 7) is 0. The minimum absolute atomic E-state index is 0.109. The molecular formula is C9H6Br2F2NO2S-. The highest BCUT2D eigenvalue weighted by Gasteiger charge is 2.40. The van der Waals surface area contributed by atoms with Crippen molar-refractivity contribution in [3.05, 3.63) is 30.3 Å². The van der Waals surface area contributed by atoms with Crippen molar-refractivity contribution >= 4 is 55.6 Å². The number of halogens is 4. The van der Waals surface area contributed by atoms with E-state index < -0.39 is 15.1 Å². The van der Waals surface area contributed by atoms with Gasteiger partial charge in [0.05, 0.1) is 5.69 Å². The summed E-state index contributed by atoms with van der Waals surface area (Å²) in [7, 11) is 0. The second-order valence-electron chi connectivity index (χ2n) is 2.85. The molecule has 17 heavy (non-hydrogen) atoms. The Morgan fingerprint density at radius 3 is 2.29 bits per heavy atom. The lowest BCUT2D eigenvalue weighted by Gasteiger charge is -2.28. The molecule has 0 heterocycles. The molecule has 0 aliphatic carbocycles. The fourth-order valence-electron chi connectivity index (χ4n) is 0.920. The summed E-state index contributed by atoms with van der Waals surface area (Å²) in [6.07, 6.45) is -1.71. The van der Waals surface area contributed by atoms with E-state index in [2.05, 4.69) is 31.9 Å². The second-order valence-corrected chi connectivity index (χ2v) is 7.00. The number of rotatable bonds is 4. The summed E-state index contributed by atoms with van der Waals surface area (Å²) in [4.78, 5) is 10.8. The van der Waals surface area contributed by atoms with Crippen molar-refractivity contribution in [1.29, 1.82) is 0 Å². The quantitative estimate of drug-likeness (QED) is 0.586. The standard InChI is InChI=1S/C9H7Br2F2NO2S/c10-7(11)9(12,13)17-14(8(15)16)6-4-2-1-3-5-6/h1-5,7H,(H,15,16)/p-1. The smallest absolute Gasteiger partial charge is 0.334 e. The van der Waals surface area contributed by atoms with Crippen molar-refractivity contribution in [3.8, 4) is 0 Å². The molecule has 0 aliphatic heterocycles. The maximum absolute atomic E-state index is 13.4. The molecule has 0 bridgehead atoms. The molecule has 0 unspecified atom stereocenters. The van der Waals surface area contributed by atoms with Crippen molar-refractivity contribution in [2.45, 2.75) is 8.99 Å². The number of alkyl halides is 4. The van der Waals surface area contributed by atoms with Crippen LogP contribution < -0.4 is 9.41 Å². The zero-order valence-electron chi connectivity index (χ0n) is 8.15. The van der Waals surface area contributed by atoms with E-state index in [1.54, 1.807) is 18.2 Å². The molecule has 0 saturated heterocycles. The average Bonchev–Trinajstić information content (AvgIpc) is 2.26. The van der Waals surface area contributed by atoms with E-state index >= 15 is 0 Å². The Balaban J connectivity index is 2.93. The van der Waals surface area contributed by atoms with Crippen LogP contribution in [0.5, 0.6) is 0 Å². The van der Waals surface area contributed by atoms with Gasteiger partial charge < -0.3 is 9.90 Å². The molecule has 0 aliphatic rings. The zero-order valence-corrected chi connectivity index (χ0v) is 12.1. The molecule has 0 spiro atoms. The molecule has 0 fully saturated rings. The van der Waals surface area contributed by atoms with Gasteiger partial charge in [0.25, 0.3) is 0 Å². The summed E-state index contributed by atoms with van der Waals surface area (Å²) in [5.74, 6) is 0. The van der Waals surface area contributed by atoms with Gasteiger partial charge in [0.1, 0.15) is 3.74 Å². The first kappa shape index (κ1) is 14.7. The van der Waals surface area contributed by atoms with Crippen LogP contribution in [0.25, 0.3) is 0 Å². The Morgan fingerprint density at radius 1 is 1.35 bits per heavy atom. The predicted molar refractivity (Wildman–Crippen MR) is 68.5 cm³/mol. The first-order chi connectivity index (χ1) is 7.84. The van der Waals surface area contributed by atoms with E-state index in [1.165, 1.54) is 12.1 Å². The molecule has 0 atom stereocenters. The Labute approximate surface area is 118 Å². The molecule has 1 amide bonds. The van der Waals surface area contributed by atoms with Gasteiger partial charge in [-0.2, -0.15) is 8.78 Å². The van der Waals surface area contributed by atoms with E-state index in [0.29, 0.717) is 4.31 Å². The minimum Gasteiger partial charge on any atom is -0.529 e. The number of hydrogen-bond acceptors (Lipinski definition) is 3. The number of carbonyl (C=O) groups is 1. The van der Waals surface area contributed by atoms with Gasteiger partial charge in [-0.3, -0.25) is 4.31 Å². The Kier molecular flexibility index (Phi) is 5.21. The van der Waals surface area contributed by atoms with Gasteiger partial charge in [0, 0.05) is 11.9 Å². The highest BCUT2D eigenvalue weighted by atomic mass is 79.9. The van der Waals surface area contributed by atoms with Gasteiger partial charge in [0.15, 0.2) is 6.09 Å². The monoisotopic (exact) mass is 388 g/mol. The molecule has 0 aromatic heterocycles. The van der Waals surface area contributed by atoms with Gasteiger partial charge in [-0.15, -0.1) is 0 Å². The SMILES string of the molecule is O=C([O-])N(SC(F)(F)C(Br)Br)c1ccccc1. The lowest BCUT2D eigenvalue weighted by Crippen LogP contribution is -2.40. The summed E-state index contributed by atoms with van der Waals surface area (Å²) in [5.41, 5.74) is 0.109. The number of carbonyl (C=O) groups excluding carboxylic acids is 1. The molecule has 3 nitrogen and oxygen atoms in total. The predicted octanol–water partition coefficient (Wildman–Crippen LogP) is 3.19. The molecule has 0 radical (unpaired) electrons. The molecule has 0 N–H and O–H groups in total. The normalized spacial score (nSPS) is 11.6. The molecular weight excluding hydrogens is 384 g/mol. The Hall–Kier alpha value is -0.340. The number of benzene rings is 1. The second kappa shape index (κ2) is 6.01. The van der Waals surface area contributed by atoms with Crippen LogP contribution in [-0.4, -0.2) is 15.1 Å². The average molecular weight is 390 g/mol. The maximum Gasteiger partial charge on any atom is 0.334 e. The third kappa shape index (κ3) is 4.11. The lowest BCUT2D eigenvalue weighted by molar-refractivity contribution is -0.244. The summed E-state index contributed by atoms with van der Waals surface area (Å²) in [5, 5.41) is 7.49. The van der Waals surface area contributed by atoms with Gasteiger partial charge in [-0.25, -0.2) is 0 Å². The lowest BCUT2D eigenvalue weighted by atomic mass is 10.3. The number of para-hydroxylation sites is 1. The molecule has 1 aromatic carbocycles. The van der Waals surface area contributed by atoms with Crippen LogP contribution in [0.4, 0.5) is 19.3 Å². The first-order valence-corrected chi connectivity index (χ1v) is 6.86. The number of amides is 1. The van der Waals surface area contributed by atoms with E-state index in [0.717, 1.165) is 0 Å². The molecule has 0 saturated carbocycles.